The lowest BCUT2D eigenvalue weighted by Gasteiger charge is -2.05. The molecule has 0 fully saturated rings. The molecule has 0 atom stereocenters. The van der Waals surface area contributed by atoms with Crippen molar-refractivity contribution in [3.8, 4) is 0 Å². The van der Waals surface area contributed by atoms with E-state index < -0.39 is 15.7 Å². The molecule has 0 unspecified atom stereocenters. The molecule has 2 aromatic heterocycles. The third-order valence-corrected chi connectivity index (χ3v) is 5.17. The largest absolute Gasteiger partial charge is 0.322 e. The minimum absolute atomic E-state index is 0.0963. The van der Waals surface area contributed by atoms with E-state index in [9.17, 15) is 12.8 Å². The van der Waals surface area contributed by atoms with Crippen molar-refractivity contribution in [1.29, 1.82) is 0 Å². The number of nitrogens with zero attached hydrogens (tertiary/aromatic N) is 1. The van der Waals surface area contributed by atoms with Gasteiger partial charge in [-0.25, -0.2) is 12.8 Å². The first-order valence-electron chi connectivity index (χ1n) is 6.07. The molecule has 20 heavy (non-hydrogen) atoms. The highest BCUT2D eigenvalue weighted by Crippen LogP contribution is 2.29. The van der Waals surface area contributed by atoms with Crippen LogP contribution in [0.15, 0.2) is 64.6 Å². The molecule has 0 aliphatic heterocycles. The van der Waals surface area contributed by atoms with Crippen molar-refractivity contribution in [2.45, 2.75) is 16.7 Å². The maximum absolute atomic E-state index is 13.0. The van der Waals surface area contributed by atoms with E-state index in [1.165, 1.54) is 12.1 Å². The summed E-state index contributed by atoms with van der Waals surface area (Å²) in [6.07, 6.45) is 3.57. The topological polar surface area (TPSA) is 38.5 Å². The second-order valence-electron chi connectivity index (χ2n) is 4.59. The Bertz CT molecular complexity index is 880. The van der Waals surface area contributed by atoms with E-state index >= 15 is 0 Å². The van der Waals surface area contributed by atoms with Crippen LogP contribution in [0.1, 0.15) is 5.56 Å². The summed E-state index contributed by atoms with van der Waals surface area (Å²) < 4.78 is 40.1. The van der Waals surface area contributed by atoms with E-state index in [0.29, 0.717) is 11.1 Å². The molecule has 2 heterocycles. The second-order valence-corrected chi connectivity index (χ2v) is 6.48. The van der Waals surface area contributed by atoms with E-state index in [1.54, 1.807) is 35.9 Å². The van der Waals surface area contributed by atoms with Gasteiger partial charge in [-0.1, -0.05) is 6.07 Å². The van der Waals surface area contributed by atoms with E-state index in [4.69, 9.17) is 0 Å². The number of rotatable bonds is 2. The molecule has 0 amide bonds. The third-order valence-electron chi connectivity index (χ3n) is 3.21. The highest BCUT2D eigenvalue weighted by molar-refractivity contribution is 7.91. The monoisotopic (exact) mass is 289 g/mol. The van der Waals surface area contributed by atoms with Crippen LogP contribution >= 0.6 is 0 Å². The maximum atomic E-state index is 13.0. The summed E-state index contributed by atoms with van der Waals surface area (Å²) in [6, 6.07) is 10.3. The molecule has 5 heteroatoms. The summed E-state index contributed by atoms with van der Waals surface area (Å²) in [6.45, 7) is 1.75. The quantitative estimate of drug-likeness (QED) is 0.679. The Morgan fingerprint density at radius 2 is 1.75 bits per heavy atom. The molecular formula is C15H12FNO2S. The second kappa shape index (κ2) is 4.45. The normalized spacial score (nSPS) is 11.9. The van der Waals surface area contributed by atoms with Gasteiger partial charge < -0.3 is 4.40 Å². The minimum Gasteiger partial charge on any atom is -0.322 e. The number of aryl methyl sites for hydroxylation is 1. The summed E-state index contributed by atoms with van der Waals surface area (Å²) in [5.41, 5.74) is 1.29. The van der Waals surface area contributed by atoms with Crippen LogP contribution in [0.5, 0.6) is 0 Å². The zero-order chi connectivity index (χ0) is 14.3. The van der Waals surface area contributed by atoms with E-state index in [1.807, 2.05) is 6.07 Å². The molecule has 102 valence electrons. The van der Waals surface area contributed by atoms with Crippen LogP contribution < -0.4 is 0 Å². The van der Waals surface area contributed by atoms with Crippen molar-refractivity contribution in [3.63, 3.8) is 0 Å². The predicted molar refractivity (Wildman–Crippen MR) is 74.0 cm³/mol. The summed E-state index contributed by atoms with van der Waals surface area (Å²) in [4.78, 5) is 0.365. The van der Waals surface area contributed by atoms with Gasteiger partial charge in [0.2, 0.25) is 9.84 Å². The minimum atomic E-state index is -3.66. The molecule has 3 rings (SSSR count). The fourth-order valence-electron chi connectivity index (χ4n) is 2.31. The molecule has 0 saturated carbocycles. The van der Waals surface area contributed by atoms with Gasteiger partial charge in [0.05, 0.1) is 10.4 Å². The van der Waals surface area contributed by atoms with Crippen molar-refractivity contribution in [1.82, 2.24) is 4.40 Å². The van der Waals surface area contributed by atoms with Crippen LogP contribution in [0.4, 0.5) is 4.39 Å². The van der Waals surface area contributed by atoms with Crippen molar-refractivity contribution in [2.24, 2.45) is 0 Å². The zero-order valence-electron chi connectivity index (χ0n) is 10.7. The summed E-state index contributed by atoms with van der Waals surface area (Å²) in [7, 11) is -3.66. The van der Waals surface area contributed by atoms with E-state index in [0.717, 1.165) is 12.1 Å². The van der Waals surface area contributed by atoms with Crippen LogP contribution in [0.2, 0.25) is 0 Å². The van der Waals surface area contributed by atoms with Crippen molar-refractivity contribution in [3.05, 3.63) is 66.2 Å². The zero-order valence-corrected chi connectivity index (χ0v) is 11.6. The van der Waals surface area contributed by atoms with Gasteiger partial charge in [0.15, 0.2) is 0 Å². The first-order chi connectivity index (χ1) is 9.50. The Hall–Kier alpha value is -2.14. The molecule has 3 nitrogen and oxygen atoms in total. The summed E-state index contributed by atoms with van der Waals surface area (Å²) in [5.74, 6) is -0.456. The number of hydrogen-bond donors (Lipinski definition) is 0. The van der Waals surface area contributed by atoms with Gasteiger partial charge in [-0.15, -0.1) is 0 Å². The molecular weight excluding hydrogens is 277 g/mol. The Labute approximate surface area is 116 Å². The van der Waals surface area contributed by atoms with Gasteiger partial charge in [-0.2, -0.15) is 0 Å². The molecule has 0 aliphatic rings. The number of aromatic nitrogens is 1. The van der Waals surface area contributed by atoms with Crippen molar-refractivity contribution in [2.75, 3.05) is 0 Å². The van der Waals surface area contributed by atoms with Gasteiger partial charge in [0, 0.05) is 12.4 Å². The molecule has 0 aliphatic carbocycles. The molecule has 0 saturated heterocycles. The molecule has 0 spiro atoms. The lowest BCUT2D eigenvalue weighted by molar-refractivity contribution is 0.595. The van der Waals surface area contributed by atoms with Crippen molar-refractivity contribution >= 4 is 15.4 Å². The van der Waals surface area contributed by atoms with Crippen LogP contribution in [0.3, 0.4) is 0 Å². The van der Waals surface area contributed by atoms with Gasteiger partial charge in [-0.05, 0) is 48.9 Å². The maximum Gasteiger partial charge on any atom is 0.208 e. The number of fused-ring (bicyclic) bond motifs is 1. The standard InChI is InChI=1S/C15H12FNO2S/c1-11-10-17-9-3-2-4-14(17)15(11)20(18,19)13-7-5-12(16)6-8-13/h2-10H,1H3. The highest BCUT2D eigenvalue weighted by Gasteiger charge is 2.24. The van der Waals surface area contributed by atoms with Gasteiger partial charge in [-0.3, -0.25) is 0 Å². The summed E-state index contributed by atoms with van der Waals surface area (Å²) >= 11 is 0. The fraction of sp³-hybridized carbons (Fsp3) is 0.0667. The number of hydrogen-bond acceptors (Lipinski definition) is 2. The summed E-state index contributed by atoms with van der Waals surface area (Å²) in [5, 5.41) is 0. The van der Waals surface area contributed by atoms with Crippen LogP contribution in [0.25, 0.3) is 5.52 Å². The predicted octanol–water partition coefficient (Wildman–Crippen LogP) is 3.22. The molecule has 0 bridgehead atoms. The first kappa shape index (κ1) is 12.9. The molecule has 1 aromatic carbocycles. The number of pyridine rings is 1. The Morgan fingerprint density at radius 1 is 1.05 bits per heavy atom. The van der Waals surface area contributed by atoms with Gasteiger partial charge >= 0.3 is 0 Å². The average Bonchev–Trinajstić information content (AvgIpc) is 2.75. The SMILES string of the molecule is Cc1cn2ccccc2c1S(=O)(=O)c1ccc(F)cc1. The van der Waals surface area contributed by atoms with Gasteiger partial charge in [0.25, 0.3) is 0 Å². The van der Waals surface area contributed by atoms with E-state index in [-0.39, 0.29) is 9.79 Å². The fourth-order valence-corrected chi connectivity index (χ4v) is 3.97. The van der Waals surface area contributed by atoms with Crippen molar-refractivity contribution < 1.29 is 12.8 Å². The average molecular weight is 289 g/mol. The lowest BCUT2D eigenvalue weighted by atomic mass is 10.3. The number of halogens is 1. The van der Waals surface area contributed by atoms with E-state index in [2.05, 4.69) is 0 Å². The van der Waals surface area contributed by atoms with Crippen LogP contribution in [-0.2, 0) is 9.84 Å². The van der Waals surface area contributed by atoms with Crippen LogP contribution in [-0.4, -0.2) is 12.8 Å². The molecule has 3 aromatic rings. The highest BCUT2D eigenvalue weighted by atomic mass is 32.2. The Balaban J connectivity index is 2.29. The Morgan fingerprint density at radius 3 is 2.45 bits per heavy atom. The van der Waals surface area contributed by atoms with Gasteiger partial charge in [0.1, 0.15) is 10.7 Å². The lowest BCUT2D eigenvalue weighted by Crippen LogP contribution is -2.03. The third kappa shape index (κ3) is 1.91. The number of sulfone groups is 1. The molecule has 0 radical (unpaired) electrons. The number of benzene rings is 1. The van der Waals surface area contributed by atoms with Crippen LogP contribution in [0, 0.1) is 12.7 Å². The molecule has 0 N–H and O–H groups in total. The first-order valence-corrected chi connectivity index (χ1v) is 7.55. The smallest absolute Gasteiger partial charge is 0.208 e. The Kier molecular flexibility index (Phi) is 2.87.